The van der Waals surface area contributed by atoms with Crippen LogP contribution in [0.5, 0.6) is 0 Å². The predicted molar refractivity (Wildman–Crippen MR) is 95.2 cm³/mol. The molecule has 2 aromatic carbocycles. The van der Waals surface area contributed by atoms with Gasteiger partial charge in [0, 0.05) is 0 Å². The van der Waals surface area contributed by atoms with Gasteiger partial charge in [-0.2, -0.15) is 0 Å². The van der Waals surface area contributed by atoms with Crippen molar-refractivity contribution in [2.45, 2.75) is 32.2 Å². The number of rotatable bonds is 3. The van der Waals surface area contributed by atoms with Crippen LogP contribution < -0.4 is 0 Å². The molecule has 112 valence electrons. The van der Waals surface area contributed by atoms with Gasteiger partial charge in [0.05, 0.1) is 6.04 Å². The lowest BCUT2D eigenvalue weighted by molar-refractivity contribution is 0.187. The zero-order valence-corrected chi connectivity index (χ0v) is 14.4. The Morgan fingerprint density at radius 1 is 0.762 bits per heavy atom. The Hall–Kier alpha value is -1.12. The minimum Gasteiger partial charge on any atom is -0.292 e. The number of likely N-dealkylation sites (tertiary alicyclic amines) is 1. The van der Waals surface area contributed by atoms with Crippen LogP contribution in [0.4, 0.5) is 0 Å². The van der Waals surface area contributed by atoms with Crippen LogP contribution in [0.1, 0.15) is 42.0 Å². The maximum Gasteiger partial charge on any atom is 0.0601 e. The van der Waals surface area contributed by atoms with Gasteiger partial charge in [0.25, 0.3) is 0 Å². The van der Waals surface area contributed by atoms with E-state index in [4.69, 9.17) is 0 Å². The number of nitrogens with zero attached hydrogens (tertiary/aromatic N) is 1. The van der Waals surface area contributed by atoms with E-state index < -0.39 is 0 Å². The van der Waals surface area contributed by atoms with Crippen molar-refractivity contribution in [2.75, 3.05) is 13.1 Å². The van der Waals surface area contributed by atoms with Crippen molar-refractivity contribution in [3.05, 3.63) is 71.3 Å². The van der Waals surface area contributed by atoms with E-state index in [0.717, 1.165) is 0 Å². The Morgan fingerprint density at radius 2 is 1.33 bits per heavy atom. The summed E-state index contributed by atoms with van der Waals surface area (Å²) >= 11 is 0. The fourth-order valence-electron chi connectivity index (χ4n) is 3.17. The molecule has 0 bridgehead atoms. The van der Waals surface area contributed by atoms with Crippen molar-refractivity contribution in [3.8, 4) is 0 Å². The van der Waals surface area contributed by atoms with Crippen LogP contribution in [0.3, 0.4) is 0 Å². The summed E-state index contributed by atoms with van der Waals surface area (Å²) in [5, 5.41) is 0. The molecule has 21 heavy (non-hydrogen) atoms. The first-order chi connectivity index (χ1) is 9.84. The van der Waals surface area contributed by atoms with Gasteiger partial charge >= 0.3 is 0 Å². The molecule has 1 heterocycles. The van der Waals surface area contributed by atoms with E-state index in [9.17, 15) is 0 Å². The molecule has 0 N–H and O–H groups in total. The van der Waals surface area contributed by atoms with Crippen LogP contribution in [0.2, 0.25) is 0 Å². The Morgan fingerprint density at radius 3 is 1.95 bits per heavy atom. The Balaban J connectivity index is 0.00000161. The molecule has 1 aliphatic heterocycles. The van der Waals surface area contributed by atoms with Gasteiger partial charge in [-0.3, -0.25) is 4.90 Å². The molecule has 0 aliphatic carbocycles. The summed E-state index contributed by atoms with van der Waals surface area (Å²) in [6.07, 6.45) is 4.04. The average molecular weight is 346 g/mol. The Kier molecular flexibility index (Phi) is 6.01. The standard InChI is InChI=1S/C19H23N.BrH/c1-16-10-12-18(13-11-16)19(17-8-4-2-5-9-17)20-14-6-3-7-15-20;/h2,4-5,8-13,19H,3,6-7,14-15H2,1H3;1H. The summed E-state index contributed by atoms with van der Waals surface area (Å²) < 4.78 is 0. The van der Waals surface area contributed by atoms with Gasteiger partial charge in [-0.05, 0) is 44.0 Å². The summed E-state index contributed by atoms with van der Waals surface area (Å²) in [6, 6.07) is 20.4. The third-order valence-corrected chi connectivity index (χ3v) is 4.26. The molecule has 0 spiro atoms. The average Bonchev–Trinajstić information content (AvgIpc) is 2.52. The maximum absolute atomic E-state index is 2.64. The molecule has 1 unspecified atom stereocenters. The molecule has 2 heteroatoms. The van der Waals surface area contributed by atoms with E-state index in [1.165, 1.54) is 49.0 Å². The highest BCUT2D eigenvalue weighted by Crippen LogP contribution is 2.31. The molecular weight excluding hydrogens is 322 g/mol. The van der Waals surface area contributed by atoms with Crippen molar-refractivity contribution in [2.24, 2.45) is 0 Å². The summed E-state index contributed by atoms with van der Waals surface area (Å²) in [5.41, 5.74) is 4.17. The summed E-state index contributed by atoms with van der Waals surface area (Å²) in [4.78, 5) is 2.64. The number of hydrogen-bond donors (Lipinski definition) is 0. The minimum absolute atomic E-state index is 0. The number of piperidine rings is 1. The maximum atomic E-state index is 2.64. The number of halogens is 1. The van der Waals surface area contributed by atoms with Crippen molar-refractivity contribution in [1.82, 2.24) is 4.90 Å². The van der Waals surface area contributed by atoms with Crippen LogP contribution in [-0.2, 0) is 0 Å². The SMILES string of the molecule is Br.Cc1ccc(C(c2ccccc2)N2CCCCC2)cc1. The van der Waals surface area contributed by atoms with Gasteiger partial charge in [-0.1, -0.05) is 66.6 Å². The normalized spacial score (nSPS) is 17.0. The molecule has 1 aliphatic rings. The monoisotopic (exact) mass is 345 g/mol. The van der Waals surface area contributed by atoms with Crippen LogP contribution >= 0.6 is 17.0 Å². The Labute approximate surface area is 138 Å². The van der Waals surface area contributed by atoms with Gasteiger partial charge in [0.1, 0.15) is 0 Å². The summed E-state index contributed by atoms with van der Waals surface area (Å²) in [6.45, 7) is 4.59. The first kappa shape index (κ1) is 16.3. The van der Waals surface area contributed by atoms with Gasteiger partial charge in [0.2, 0.25) is 0 Å². The van der Waals surface area contributed by atoms with E-state index in [0.29, 0.717) is 6.04 Å². The minimum atomic E-state index is 0. The fourth-order valence-corrected chi connectivity index (χ4v) is 3.17. The highest BCUT2D eigenvalue weighted by molar-refractivity contribution is 8.93. The van der Waals surface area contributed by atoms with Crippen LogP contribution in [0.15, 0.2) is 54.6 Å². The lowest BCUT2D eigenvalue weighted by atomic mass is 9.94. The molecule has 0 radical (unpaired) electrons. The number of hydrogen-bond acceptors (Lipinski definition) is 1. The van der Waals surface area contributed by atoms with E-state index in [1.54, 1.807) is 0 Å². The third-order valence-electron chi connectivity index (χ3n) is 4.26. The molecule has 0 amide bonds. The van der Waals surface area contributed by atoms with Crippen LogP contribution in [-0.4, -0.2) is 18.0 Å². The van der Waals surface area contributed by atoms with Crippen molar-refractivity contribution < 1.29 is 0 Å². The molecule has 1 fully saturated rings. The highest BCUT2D eigenvalue weighted by atomic mass is 79.9. The zero-order valence-electron chi connectivity index (χ0n) is 12.7. The Bertz CT molecular complexity index is 529. The second-order valence-electron chi connectivity index (χ2n) is 5.82. The molecule has 0 saturated carbocycles. The molecule has 1 nitrogen and oxygen atoms in total. The van der Waals surface area contributed by atoms with Gasteiger partial charge in [-0.25, -0.2) is 0 Å². The van der Waals surface area contributed by atoms with Crippen molar-refractivity contribution in [3.63, 3.8) is 0 Å². The zero-order chi connectivity index (χ0) is 13.8. The van der Waals surface area contributed by atoms with Gasteiger partial charge < -0.3 is 0 Å². The largest absolute Gasteiger partial charge is 0.292 e. The topological polar surface area (TPSA) is 3.24 Å². The van der Waals surface area contributed by atoms with E-state index in [-0.39, 0.29) is 17.0 Å². The molecule has 3 rings (SSSR count). The quantitative estimate of drug-likeness (QED) is 0.743. The van der Waals surface area contributed by atoms with E-state index >= 15 is 0 Å². The second kappa shape index (κ2) is 7.77. The first-order valence-electron chi connectivity index (χ1n) is 7.70. The molecule has 0 aromatic heterocycles. The summed E-state index contributed by atoms with van der Waals surface area (Å²) in [5.74, 6) is 0. The van der Waals surface area contributed by atoms with Gasteiger partial charge in [-0.15, -0.1) is 17.0 Å². The van der Waals surface area contributed by atoms with Crippen molar-refractivity contribution in [1.29, 1.82) is 0 Å². The van der Waals surface area contributed by atoms with Crippen molar-refractivity contribution >= 4 is 17.0 Å². The second-order valence-corrected chi connectivity index (χ2v) is 5.82. The first-order valence-corrected chi connectivity index (χ1v) is 7.70. The summed E-state index contributed by atoms with van der Waals surface area (Å²) in [7, 11) is 0. The molecule has 1 saturated heterocycles. The molecule has 1 atom stereocenters. The van der Waals surface area contributed by atoms with E-state index in [1.807, 2.05) is 0 Å². The third kappa shape index (κ3) is 3.96. The van der Waals surface area contributed by atoms with E-state index in [2.05, 4.69) is 66.4 Å². The predicted octanol–water partition coefficient (Wildman–Crippen LogP) is 5.15. The lowest BCUT2D eigenvalue weighted by Gasteiger charge is -2.35. The van der Waals surface area contributed by atoms with Crippen LogP contribution in [0.25, 0.3) is 0 Å². The van der Waals surface area contributed by atoms with Gasteiger partial charge in [0.15, 0.2) is 0 Å². The smallest absolute Gasteiger partial charge is 0.0601 e. The number of aryl methyl sites for hydroxylation is 1. The fraction of sp³-hybridized carbons (Fsp3) is 0.368. The lowest BCUT2D eigenvalue weighted by Crippen LogP contribution is -2.34. The van der Waals surface area contributed by atoms with Crippen LogP contribution in [0, 0.1) is 6.92 Å². The molecule has 2 aromatic rings. The highest BCUT2D eigenvalue weighted by Gasteiger charge is 2.23. The molecular formula is C19H24BrN. The number of benzene rings is 2.